The Morgan fingerprint density at radius 2 is 1.85 bits per heavy atom. The Balaban J connectivity index is 1.47. The predicted octanol–water partition coefficient (Wildman–Crippen LogP) is 5.81. The largest absolute Gasteiger partial charge is 0.311 e. The van der Waals surface area contributed by atoms with Gasteiger partial charge in [-0.2, -0.15) is 0 Å². The summed E-state index contributed by atoms with van der Waals surface area (Å²) in [6.45, 7) is 6.93. The molecule has 1 atom stereocenters. The molecule has 1 aliphatic heterocycles. The number of hydrogen-bond donors (Lipinski definition) is 0. The highest BCUT2D eigenvalue weighted by molar-refractivity contribution is 7.22. The van der Waals surface area contributed by atoms with Crippen LogP contribution in [0.25, 0.3) is 10.2 Å². The third kappa shape index (κ3) is 4.21. The van der Waals surface area contributed by atoms with Crippen molar-refractivity contribution in [1.82, 2.24) is 4.98 Å². The van der Waals surface area contributed by atoms with Gasteiger partial charge in [0.05, 0.1) is 22.7 Å². The van der Waals surface area contributed by atoms with E-state index in [-0.39, 0.29) is 18.2 Å². The zero-order valence-electron chi connectivity index (χ0n) is 19.6. The molecule has 1 aliphatic rings. The molecule has 5 nitrogen and oxygen atoms in total. The lowest BCUT2D eigenvalue weighted by Gasteiger charge is -2.24. The number of fused-ring (bicyclic) bond motifs is 1. The van der Waals surface area contributed by atoms with Crippen LogP contribution in [0.5, 0.6) is 0 Å². The maximum Gasteiger partial charge on any atom is 0.234 e. The Bertz CT molecular complexity index is 1380. The van der Waals surface area contributed by atoms with Crippen LogP contribution in [0.3, 0.4) is 0 Å². The standard InChI is InChI=1S/C28H27N3O2S/c1-18-12-13-23-25(14-18)34-28(29-23)31(16-21-9-5-4-6-10-21)27(33)22-15-26(32)30(17-22)24-11-7-8-19(2)20(24)3/h4-14,22H,15-17H2,1-3H3. The van der Waals surface area contributed by atoms with Crippen molar-refractivity contribution in [3.63, 3.8) is 0 Å². The summed E-state index contributed by atoms with van der Waals surface area (Å²) in [6.07, 6.45) is 0.210. The fourth-order valence-electron chi connectivity index (χ4n) is 4.50. The van der Waals surface area contributed by atoms with Crippen molar-refractivity contribution in [3.05, 3.63) is 89.0 Å². The Labute approximate surface area is 203 Å². The molecule has 0 saturated carbocycles. The fraction of sp³-hybridized carbons (Fsp3) is 0.250. The van der Waals surface area contributed by atoms with Crippen molar-refractivity contribution >= 4 is 44.2 Å². The summed E-state index contributed by atoms with van der Waals surface area (Å²) in [5.41, 5.74) is 6.18. The number of carbonyl (C=O) groups is 2. The normalized spacial score (nSPS) is 15.8. The minimum Gasteiger partial charge on any atom is -0.311 e. The smallest absolute Gasteiger partial charge is 0.234 e. The summed E-state index contributed by atoms with van der Waals surface area (Å²) in [7, 11) is 0. The van der Waals surface area contributed by atoms with E-state index >= 15 is 0 Å². The van der Waals surface area contributed by atoms with E-state index in [0.717, 1.165) is 38.2 Å². The highest BCUT2D eigenvalue weighted by Crippen LogP contribution is 2.34. The molecule has 1 saturated heterocycles. The predicted molar refractivity (Wildman–Crippen MR) is 138 cm³/mol. The van der Waals surface area contributed by atoms with E-state index in [1.54, 1.807) is 9.80 Å². The Hall–Kier alpha value is -3.51. The maximum atomic E-state index is 13.9. The quantitative estimate of drug-likeness (QED) is 0.371. The van der Waals surface area contributed by atoms with E-state index in [2.05, 4.69) is 13.0 Å². The molecule has 1 aromatic heterocycles. The van der Waals surface area contributed by atoms with Crippen LogP contribution in [-0.2, 0) is 16.1 Å². The number of amides is 2. The van der Waals surface area contributed by atoms with E-state index in [1.807, 2.05) is 74.5 Å². The van der Waals surface area contributed by atoms with Crippen molar-refractivity contribution in [2.75, 3.05) is 16.3 Å². The number of carbonyl (C=O) groups excluding carboxylic acids is 2. The fourth-order valence-corrected chi connectivity index (χ4v) is 5.56. The minimum atomic E-state index is -0.412. The van der Waals surface area contributed by atoms with Crippen molar-refractivity contribution in [3.8, 4) is 0 Å². The third-order valence-electron chi connectivity index (χ3n) is 6.55. The molecule has 1 unspecified atom stereocenters. The molecule has 2 heterocycles. The lowest BCUT2D eigenvalue weighted by molar-refractivity contribution is -0.124. The second-order valence-corrected chi connectivity index (χ2v) is 10.0. The van der Waals surface area contributed by atoms with Crippen molar-refractivity contribution in [1.29, 1.82) is 0 Å². The lowest BCUT2D eigenvalue weighted by atomic mass is 10.1. The van der Waals surface area contributed by atoms with Crippen LogP contribution in [0.15, 0.2) is 66.7 Å². The van der Waals surface area contributed by atoms with Gasteiger partial charge < -0.3 is 4.90 Å². The summed E-state index contributed by atoms with van der Waals surface area (Å²) in [6, 6.07) is 22.0. The van der Waals surface area contributed by atoms with Crippen LogP contribution in [0.2, 0.25) is 0 Å². The Morgan fingerprint density at radius 1 is 1.06 bits per heavy atom. The summed E-state index contributed by atoms with van der Waals surface area (Å²) in [5.74, 6) is -0.475. The SMILES string of the molecule is Cc1ccc2nc(N(Cc3ccccc3)C(=O)C3CC(=O)N(c4cccc(C)c4C)C3)sc2c1. The van der Waals surface area contributed by atoms with Crippen LogP contribution in [0.4, 0.5) is 10.8 Å². The first kappa shape index (κ1) is 22.3. The average molecular weight is 470 g/mol. The van der Waals surface area contributed by atoms with Crippen molar-refractivity contribution < 1.29 is 9.59 Å². The minimum absolute atomic E-state index is 0.00774. The first-order valence-corrected chi connectivity index (χ1v) is 12.3. The van der Waals surface area contributed by atoms with Crippen LogP contribution < -0.4 is 9.80 Å². The molecule has 34 heavy (non-hydrogen) atoms. The van der Waals surface area contributed by atoms with Crippen molar-refractivity contribution in [2.24, 2.45) is 5.92 Å². The molecule has 3 aromatic carbocycles. The summed E-state index contributed by atoms with van der Waals surface area (Å²) < 4.78 is 1.06. The van der Waals surface area contributed by atoms with Crippen LogP contribution in [0, 0.1) is 26.7 Å². The molecule has 172 valence electrons. The number of hydrogen-bond acceptors (Lipinski definition) is 4. The lowest BCUT2D eigenvalue weighted by Crippen LogP contribution is -2.37. The van der Waals surface area contributed by atoms with E-state index in [9.17, 15) is 9.59 Å². The Kier molecular flexibility index (Phi) is 5.92. The molecular formula is C28H27N3O2S. The number of anilines is 2. The molecule has 6 heteroatoms. The van der Waals surface area contributed by atoms with Gasteiger partial charge in [-0.05, 0) is 61.2 Å². The van der Waals surface area contributed by atoms with Crippen LogP contribution in [-0.4, -0.2) is 23.3 Å². The highest BCUT2D eigenvalue weighted by atomic mass is 32.1. The Morgan fingerprint density at radius 3 is 2.65 bits per heavy atom. The van der Waals surface area contributed by atoms with Gasteiger partial charge in [-0.1, -0.05) is 59.9 Å². The summed E-state index contributed by atoms with van der Waals surface area (Å²) in [4.78, 5) is 35.2. The van der Waals surface area contributed by atoms with Gasteiger partial charge in [0.25, 0.3) is 0 Å². The molecule has 0 aliphatic carbocycles. The first-order valence-electron chi connectivity index (χ1n) is 11.5. The number of benzene rings is 3. The molecule has 0 N–H and O–H groups in total. The topological polar surface area (TPSA) is 53.5 Å². The van der Waals surface area contributed by atoms with Crippen molar-refractivity contribution in [2.45, 2.75) is 33.7 Å². The van der Waals surface area contributed by atoms with Gasteiger partial charge in [0.15, 0.2) is 5.13 Å². The summed E-state index contributed by atoms with van der Waals surface area (Å²) in [5, 5.41) is 0.673. The van der Waals surface area contributed by atoms with Gasteiger partial charge in [-0.25, -0.2) is 4.98 Å². The molecule has 1 fully saturated rings. The zero-order chi connectivity index (χ0) is 23.8. The second kappa shape index (κ2) is 9.03. The van der Waals surface area contributed by atoms with Gasteiger partial charge in [0.2, 0.25) is 11.8 Å². The summed E-state index contributed by atoms with van der Waals surface area (Å²) >= 11 is 1.52. The average Bonchev–Trinajstić information content (AvgIpc) is 3.42. The molecule has 0 radical (unpaired) electrons. The van der Waals surface area contributed by atoms with Gasteiger partial charge >= 0.3 is 0 Å². The molecule has 0 bridgehead atoms. The van der Waals surface area contributed by atoms with Crippen LogP contribution >= 0.6 is 11.3 Å². The van der Waals surface area contributed by atoms with Gasteiger partial charge in [0, 0.05) is 18.7 Å². The third-order valence-corrected chi connectivity index (χ3v) is 7.60. The van der Waals surface area contributed by atoms with Gasteiger partial charge in [0.1, 0.15) is 0 Å². The maximum absolute atomic E-state index is 13.9. The number of nitrogens with zero attached hydrogens (tertiary/aromatic N) is 3. The monoisotopic (exact) mass is 469 g/mol. The van der Waals surface area contributed by atoms with Gasteiger partial charge in [-0.15, -0.1) is 0 Å². The molecule has 4 aromatic rings. The van der Waals surface area contributed by atoms with Crippen LogP contribution in [0.1, 0.15) is 28.7 Å². The van der Waals surface area contributed by atoms with E-state index < -0.39 is 5.92 Å². The van der Waals surface area contributed by atoms with Gasteiger partial charge in [-0.3, -0.25) is 14.5 Å². The zero-order valence-corrected chi connectivity index (χ0v) is 20.4. The number of rotatable bonds is 5. The molecular weight excluding hydrogens is 442 g/mol. The molecule has 0 spiro atoms. The van der Waals surface area contributed by atoms with E-state index in [1.165, 1.54) is 11.3 Å². The van der Waals surface area contributed by atoms with E-state index in [0.29, 0.717) is 18.2 Å². The first-order chi connectivity index (χ1) is 16.4. The molecule has 2 amide bonds. The highest BCUT2D eigenvalue weighted by Gasteiger charge is 2.39. The number of aromatic nitrogens is 1. The number of thiazole rings is 1. The second-order valence-electron chi connectivity index (χ2n) is 9.00. The van der Waals surface area contributed by atoms with E-state index in [4.69, 9.17) is 4.98 Å². The molecule has 5 rings (SSSR count). The number of aryl methyl sites for hydroxylation is 2.